The molecular formula is C38H28N2. The van der Waals surface area contributed by atoms with Gasteiger partial charge in [-0.3, -0.25) is 0 Å². The molecule has 0 amide bonds. The van der Waals surface area contributed by atoms with E-state index >= 15 is 0 Å². The molecule has 0 aliphatic heterocycles. The zero-order chi connectivity index (χ0) is 26.7. The lowest BCUT2D eigenvalue weighted by Gasteiger charge is -2.25. The third-order valence-electron chi connectivity index (χ3n) is 7.36. The molecule has 190 valence electrons. The lowest BCUT2D eigenvalue weighted by atomic mass is 10.1. The minimum Gasteiger partial charge on any atom is -0.310 e. The summed E-state index contributed by atoms with van der Waals surface area (Å²) >= 11 is 0. The maximum absolute atomic E-state index is 2.36. The number of para-hydroxylation sites is 3. The van der Waals surface area contributed by atoms with Crippen molar-refractivity contribution in [1.29, 1.82) is 0 Å². The van der Waals surface area contributed by atoms with Gasteiger partial charge in [0.1, 0.15) is 0 Å². The van der Waals surface area contributed by atoms with Crippen molar-refractivity contribution in [3.63, 3.8) is 0 Å². The van der Waals surface area contributed by atoms with E-state index in [9.17, 15) is 0 Å². The van der Waals surface area contributed by atoms with Crippen LogP contribution in [0, 0.1) is 0 Å². The Hall–Kier alpha value is -5.34. The molecule has 1 heterocycles. The minimum absolute atomic E-state index is 1.12. The first-order valence-corrected chi connectivity index (χ1v) is 13.6. The summed E-state index contributed by atoms with van der Waals surface area (Å²) in [4.78, 5) is 2.33. The van der Waals surface area contributed by atoms with E-state index in [4.69, 9.17) is 0 Å². The average Bonchev–Trinajstić information content (AvgIpc) is 3.36. The quantitative estimate of drug-likeness (QED) is 0.201. The van der Waals surface area contributed by atoms with Crippen LogP contribution in [-0.2, 0) is 0 Å². The molecule has 0 radical (unpaired) electrons. The molecule has 2 heteroatoms. The molecule has 0 fully saturated rings. The first kappa shape index (κ1) is 23.8. The van der Waals surface area contributed by atoms with Gasteiger partial charge in [0.05, 0.1) is 11.0 Å². The summed E-state index contributed by atoms with van der Waals surface area (Å²) in [6, 6.07) is 55.9. The van der Waals surface area contributed by atoms with Gasteiger partial charge >= 0.3 is 0 Å². The van der Waals surface area contributed by atoms with Crippen LogP contribution < -0.4 is 4.90 Å². The molecule has 0 aliphatic carbocycles. The van der Waals surface area contributed by atoms with E-state index in [2.05, 4.69) is 173 Å². The SMILES string of the molecule is C(=C\c1ccc(N(c2ccccc2)c2ccc3c(c2)c2ccccc2n3-c2ccccc2)cc1)/c1ccccc1. The van der Waals surface area contributed by atoms with Gasteiger partial charge < -0.3 is 9.47 Å². The highest BCUT2D eigenvalue weighted by atomic mass is 15.1. The van der Waals surface area contributed by atoms with Crippen molar-refractivity contribution < 1.29 is 0 Å². The van der Waals surface area contributed by atoms with Crippen LogP contribution in [0.4, 0.5) is 17.1 Å². The Morgan fingerprint density at radius 1 is 0.400 bits per heavy atom. The van der Waals surface area contributed by atoms with Gasteiger partial charge in [-0.1, -0.05) is 109 Å². The highest BCUT2D eigenvalue weighted by Gasteiger charge is 2.17. The number of anilines is 3. The maximum atomic E-state index is 2.36. The average molecular weight is 513 g/mol. The minimum atomic E-state index is 1.12. The second-order valence-corrected chi connectivity index (χ2v) is 9.90. The summed E-state index contributed by atoms with van der Waals surface area (Å²) in [5.41, 5.74) is 9.31. The molecule has 7 rings (SSSR count). The molecule has 6 aromatic carbocycles. The number of rotatable bonds is 6. The van der Waals surface area contributed by atoms with Crippen LogP contribution in [0.2, 0.25) is 0 Å². The predicted molar refractivity (Wildman–Crippen MR) is 171 cm³/mol. The topological polar surface area (TPSA) is 8.17 Å². The van der Waals surface area contributed by atoms with E-state index in [1.807, 2.05) is 6.07 Å². The van der Waals surface area contributed by atoms with Crippen LogP contribution in [-0.4, -0.2) is 4.57 Å². The summed E-state index contributed by atoms with van der Waals surface area (Å²) in [5, 5.41) is 2.48. The second-order valence-electron chi connectivity index (χ2n) is 9.90. The van der Waals surface area contributed by atoms with Crippen LogP contribution >= 0.6 is 0 Å². The molecule has 0 bridgehead atoms. The third kappa shape index (κ3) is 4.46. The fourth-order valence-corrected chi connectivity index (χ4v) is 5.47. The van der Waals surface area contributed by atoms with Gasteiger partial charge in [-0.15, -0.1) is 0 Å². The summed E-state index contributed by atoms with van der Waals surface area (Å²) in [6.45, 7) is 0. The predicted octanol–water partition coefficient (Wildman–Crippen LogP) is 10.4. The van der Waals surface area contributed by atoms with E-state index in [1.165, 1.54) is 38.6 Å². The molecule has 0 aliphatic rings. The van der Waals surface area contributed by atoms with Crippen LogP contribution in [0.1, 0.15) is 11.1 Å². The van der Waals surface area contributed by atoms with Gasteiger partial charge in [-0.05, 0) is 71.8 Å². The van der Waals surface area contributed by atoms with E-state index in [0.717, 1.165) is 17.1 Å². The molecule has 7 aromatic rings. The molecule has 0 saturated carbocycles. The van der Waals surface area contributed by atoms with Crippen molar-refractivity contribution in [3.8, 4) is 5.69 Å². The van der Waals surface area contributed by atoms with Crippen LogP contribution in [0.3, 0.4) is 0 Å². The normalized spacial score (nSPS) is 11.4. The number of nitrogens with zero attached hydrogens (tertiary/aromatic N) is 2. The lowest BCUT2D eigenvalue weighted by molar-refractivity contribution is 1.18. The number of benzene rings is 6. The molecule has 1 aromatic heterocycles. The molecule has 2 nitrogen and oxygen atoms in total. The van der Waals surface area contributed by atoms with Gasteiger partial charge in [0.15, 0.2) is 0 Å². The van der Waals surface area contributed by atoms with Crippen molar-refractivity contribution >= 4 is 51.0 Å². The van der Waals surface area contributed by atoms with E-state index < -0.39 is 0 Å². The third-order valence-corrected chi connectivity index (χ3v) is 7.36. The molecule has 0 saturated heterocycles. The van der Waals surface area contributed by atoms with Gasteiger partial charge in [-0.25, -0.2) is 0 Å². The van der Waals surface area contributed by atoms with Crippen molar-refractivity contribution in [2.45, 2.75) is 0 Å². The molecular weight excluding hydrogens is 484 g/mol. The molecule has 40 heavy (non-hydrogen) atoms. The monoisotopic (exact) mass is 512 g/mol. The summed E-state index contributed by atoms with van der Waals surface area (Å²) in [6.07, 6.45) is 4.32. The summed E-state index contributed by atoms with van der Waals surface area (Å²) in [5.74, 6) is 0. The first-order valence-electron chi connectivity index (χ1n) is 13.6. The smallest absolute Gasteiger partial charge is 0.0542 e. The standard InChI is InChI=1S/C38H28N2/c1-4-12-29(13-5-1)20-21-30-22-24-33(25-23-30)39(31-14-6-2-7-15-31)34-26-27-38-36(28-34)35-18-10-11-19-37(35)40(38)32-16-8-3-9-17-32/h1-28H/b21-20+. The molecule has 0 unspecified atom stereocenters. The van der Waals surface area contributed by atoms with Crippen molar-refractivity contribution in [1.82, 2.24) is 4.57 Å². The van der Waals surface area contributed by atoms with Gasteiger partial charge in [0, 0.05) is 33.5 Å². The fraction of sp³-hybridized carbons (Fsp3) is 0. The molecule has 0 N–H and O–H groups in total. The van der Waals surface area contributed by atoms with E-state index in [0.29, 0.717) is 0 Å². The van der Waals surface area contributed by atoms with Crippen LogP contribution in [0.15, 0.2) is 158 Å². The van der Waals surface area contributed by atoms with E-state index in [-0.39, 0.29) is 0 Å². The molecule has 0 atom stereocenters. The van der Waals surface area contributed by atoms with E-state index in [1.54, 1.807) is 0 Å². The largest absolute Gasteiger partial charge is 0.310 e. The highest BCUT2D eigenvalue weighted by molar-refractivity contribution is 6.10. The maximum Gasteiger partial charge on any atom is 0.0542 e. The number of fused-ring (bicyclic) bond motifs is 3. The zero-order valence-electron chi connectivity index (χ0n) is 22.1. The Morgan fingerprint density at radius 3 is 1.65 bits per heavy atom. The van der Waals surface area contributed by atoms with Gasteiger partial charge in [0.25, 0.3) is 0 Å². The zero-order valence-corrected chi connectivity index (χ0v) is 22.1. The van der Waals surface area contributed by atoms with Crippen molar-refractivity contribution in [2.75, 3.05) is 4.90 Å². The summed E-state index contributed by atoms with van der Waals surface area (Å²) < 4.78 is 2.36. The van der Waals surface area contributed by atoms with Crippen LogP contribution in [0.25, 0.3) is 39.6 Å². The lowest BCUT2D eigenvalue weighted by Crippen LogP contribution is -2.09. The number of aromatic nitrogens is 1. The Balaban J connectivity index is 1.34. The Kier molecular flexibility index (Phi) is 6.20. The highest BCUT2D eigenvalue weighted by Crippen LogP contribution is 2.39. The van der Waals surface area contributed by atoms with Gasteiger partial charge in [-0.2, -0.15) is 0 Å². The van der Waals surface area contributed by atoms with Crippen molar-refractivity contribution in [2.24, 2.45) is 0 Å². The Morgan fingerprint density at radius 2 is 0.925 bits per heavy atom. The second kappa shape index (κ2) is 10.4. The van der Waals surface area contributed by atoms with Gasteiger partial charge in [0.2, 0.25) is 0 Å². The fourth-order valence-electron chi connectivity index (χ4n) is 5.47. The number of hydrogen-bond donors (Lipinski definition) is 0. The first-order chi connectivity index (χ1) is 19.8. The van der Waals surface area contributed by atoms with Crippen LogP contribution in [0.5, 0.6) is 0 Å². The Bertz CT molecular complexity index is 1920. The molecule has 0 spiro atoms. The number of hydrogen-bond acceptors (Lipinski definition) is 1. The Labute approximate surface area is 234 Å². The summed E-state index contributed by atoms with van der Waals surface area (Å²) in [7, 11) is 0. The van der Waals surface area contributed by atoms with Crippen molar-refractivity contribution in [3.05, 3.63) is 169 Å².